The van der Waals surface area contributed by atoms with Crippen LogP contribution in [0.5, 0.6) is 5.75 Å². The van der Waals surface area contributed by atoms with E-state index in [0.717, 1.165) is 29.1 Å². The van der Waals surface area contributed by atoms with E-state index in [0.29, 0.717) is 19.8 Å². The van der Waals surface area contributed by atoms with Gasteiger partial charge in [0.25, 0.3) is 5.91 Å². The molecule has 2 fully saturated rings. The molecule has 2 heterocycles. The molecule has 2 aliphatic heterocycles. The highest BCUT2D eigenvalue weighted by atomic mass is 32.2. The van der Waals surface area contributed by atoms with Crippen LogP contribution >= 0.6 is 11.8 Å². The number of amides is 1. The maximum atomic E-state index is 12.8. The summed E-state index contributed by atoms with van der Waals surface area (Å²) in [6.07, 6.45) is 4.12. The molecule has 2 bridgehead atoms. The molecular weight excluding hydrogens is 286 g/mol. The van der Waals surface area contributed by atoms with Crippen molar-refractivity contribution in [2.75, 3.05) is 26.1 Å². The Morgan fingerprint density at radius 2 is 2.10 bits per heavy atom. The Hall–Kier alpha value is -1.20. The number of thioether (sulfide) groups is 1. The van der Waals surface area contributed by atoms with Crippen molar-refractivity contribution in [3.63, 3.8) is 0 Å². The van der Waals surface area contributed by atoms with Gasteiger partial charge in [-0.25, -0.2) is 0 Å². The molecule has 0 N–H and O–H groups in total. The van der Waals surface area contributed by atoms with Crippen LogP contribution in [0.25, 0.3) is 0 Å². The van der Waals surface area contributed by atoms with Gasteiger partial charge in [0.15, 0.2) is 0 Å². The summed E-state index contributed by atoms with van der Waals surface area (Å²) in [6.45, 7) is 3.90. The van der Waals surface area contributed by atoms with Crippen LogP contribution in [0.1, 0.15) is 30.1 Å². The lowest BCUT2D eigenvalue weighted by Gasteiger charge is -2.34. The van der Waals surface area contributed by atoms with Crippen molar-refractivity contribution in [3.05, 3.63) is 23.8 Å². The lowest BCUT2D eigenvalue weighted by molar-refractivity contribution is -0.00717. The van der Waals surface area contributed by atoms with Crippen LogP contribution < -0.4 is 4.74 Å². The average Bonchev–Trinajstić information content (AvgIpc) is 2.75. The van der Waals surface area contributed by atoms with Crippen molar-refractivity contribution < 1.29 is 14.3 Å². The van der Waals surface area contributed by atoms with Crippen molar-refractivity contribution in [3.8, 4) is 5.75 Å². The smallest absolute Gasteiger partial charge is 0.254 e. The normalized spacial score (nSPS) is 24.2. The minimum atomic E-state index is 0.111. The number of fused-ring (bicyclic) bond motifs is 2. The maximum Gasteiger partial charge on any atom is 0.254 e. The number of rotatable bonds is 4. The minimum absolute atomic E-state index is 0.111. The minimum Gasteiger partial charge on any atom is -0.493 e. The second-order valence-electron chi connectivity index (χ2n) is 5.43. The summed E-state index contributed by atoms with van der Waals surface area (Å²) in [6, 6.07) is 6.25. The number of benzene rings is 1. The number of ether oxygens (including phenoxy) is 2. The van der Waals surface area contributed by atoms with Crippen LogP contribution in [0.2, 0.25) is 0 Å². The number of morpholine rings is 1. The fourth-order valence-corrected chi connectivity index (χ4v) is 3.71. The van der Waals surface area contributed by atoms with E-state index in [9.17, 15) is 4.79 Å². The van der Waals surface area contributed by atoms with Gasteiger partial charge < -0.3 is 14.4 Å². The van der Waals surface area contributed by atoms with Gasteiger partial charge in [0.05, 0.1) is 31.9 Å². The molecule has 0 aromatic heterocycles. The van der Waals surface area contributed by atoms with Gasteiger partial charge in [-0.3, -0.25) is 4.79 Å². The Kier molecular flexibility index (Phi) is 4.40. The highest BCUT2D eigenvalue weighted by Crippen LogP contribution is 2.33. The van der Waals surface area contributed by atoms with E-state index >= 15 is 0 Å². The topological polar surface area (TPSA) is 38.8 Å². The first-order chi connectivity index (χ1) is 10.2. The molecule has 114 valence electrons. The monoisotopic (exact) mass is 307 g/mol. The average molecular weight is 307 g/mol. The summed E-state index contributed by atoms with van der Waals surface area (Å²) in [7, 11) is 0. The lowest BCUT2D eigenvalue weighted by atomic mass is 10.1. The zero-order valence-electron chi connectivity index (χ0n) is 12.5. The van der Waals surface area contributed by atoms with E-state index in [2.05, 4.69) is 0 Å². The largest absolute Gasteiger partial charge is 0.493 e. The molecular formula is C16H21NO3S. The third-order valence-corrected chi connectivity index (χ3v) is 4.96. The molecule has 4 nitrogen and oxygen atoms in total. The lowest BCUT2D eigenvalue weighted by Crippen LogP contribution is -2.49. The van der Waals surface area contributed by atoms with E-state index in [4.69, 9.17) is 9.47 Å². The van der Waals surface area contributed by atoms with Gasteiger partial charge in [0, 0.05) is 10.5 Å². The molecule has 2 aliphatic rings. The van der Waals surface area contributed by atoms with Crippen molar-refractivity contribution in [1.82, 2.24) is 4.90 Å². The Morgan fingerprint density at radius 1 is 1.38 bits per heavy atom. The SMILES string of the molecule is CCOc1cc(C(=O)N2C3CCC2COC3)ccc1SC. The first kappa shape index (κ1) is 14.7. The Morgan fingerprint density at radius 3 is 2.71 bits per heavy atom. The van der Waals surface area contributed by atoms with Crippen molar-refractivity contribution in [1.29, 1.82) is 0 Å². The number of nitrogens with zero attached hydrogens (tertiary/aromatic N) is 1. The molecule has 21 heavy (non-hydrogen) atoms. The molecule has 0 saturated carbocycles. The molecule has 1 amide bonds. The molecule has 0 aliphatic carbocycles. The molecule has 2 unspecified atom stereocenters. The Labute approximate surface area is 129 Å². The van der Waals surface area contributed by atoms with Crippen LogP contribution in [0, 0.1) is 0 Å². The first-order valence-corrected chi connectivity index (χ1v) is 8.68. The van der Waals surface area contributed by atoms with E-state index in [1.54, 1.807) is 11.8 Å². The summed E-state index contributed by atoms with van der Waals surface area (Å²) in [4.78, 5) is 15.9. The molecule has 0 spiro atoms. The summed E-state index contributed by atoms with van der Waals surface area (Å²) >= 11 is 1.63. The fourth-order valence-electron chi connectivity index (χ4n) is 3.19. The van der Waals surface area contributed by atoms with Gasteiger partial charge in [-0.15, -0.1) is 11.8 Å². The Balaban J connectivity index is 1.86. The quantitative estimate of drug-likeness (QED) is 0.802. The van der Waals surface area contributed by atoms with E-state index in [1.165, 1.54) is 0 Å². The van der Waals surface area contributed by atoms with E-state index in [-0.39, 0.29) is 18.0 Å². The zero-order chi connectivity index (χ0) is 14.8. The second-order valence-corrected chi connectivity index (χ2v) is 6.28. The van der Waals surface area contributed by atoms with Gasteiger partial charge in [0.2, 0.25) is 0 Å². The standard InChI is InChI=1S/C16H21NO3S/c1-3-20-14-8-11(4-7-15(14)21-2)16(18)17-12-5-6-13(17)10-19-9-12/h4,7-8,12-13H,3,5-6,9-10H2,1-2H3. The molecule has 3 rings (SSSR count). The van der Waals surface area contributed by atoms with Crippen molar-refractivity contribution in [2.24, 2.45) is 0 Å². The van der Waals surface area contributed by atoms with E-state index in [1.807, 2.05) is 36.3 Å². The summed E-state index contributed by atoms with van der Waals surface area (Å²) in [5.74, 6) is 0.913. The van der Waals surface area contributed by atoms with Gasteiger partial charge in [0.1, 0.15) is 5.75 Å². The zero-order valence-corrected chi connectivity index (χ0v) is 13.3. The van der Waals surface area contributed by atoms with Gasteiger partial charge >= 0.3 is 0 Å². The molecule has 1 aromatic carbocycles. The molecule has 1 aromatic rings. The fraction of sp³-hybridized carbons (Fsp3) is 0.562. The second kappa shape index (κ2) is 6.28. The number of carbonyl (C=O) groups is 1. The number of carbonyl (C=O) groups excluding carboxylic acids is 1. The number of hydrogen-bond acceptors (Lipinski definition) is 4. The summed E-state index contributed by atoms with van der Waals surface area (Å²) < 4.78 is 11.2. The maximum absolute atomic E-state index is 12.8. The van der Waals surface area contributed by atoms with Crippen molar-refractivity contribution in [2.45, 2.75) is 36.7 Å². The van der Waals surface area contributed by atoms with Gasteiger partial charge in [-0.1, -0.05) is 0 Å². The molecule has 5 heteroatoms. The third kappa shape index (κ3) is 2.77. The highest BCUT2D eigenvalue weighted by Gasteiger charge is 2.40. The van der Waals surface area contributed by atoms with Gasteiger partial charge in [-0.05, 0) is 44.2 Å². The van der Waals surface area contributed by atoms with Crippen LogP contribution in [-0.2, 0) is 4.74 Å². The predicted octanol–water partition coefficient (Wildman–Crippen LogP) is 2.81. The third-order valence-electron chi connectivity index (χ3n) is 4.19. The Bertz CT molecular complexity index is 518. The van der Waals surface area contributed by atoms with Crippen LogP contribution in [-0.4, -0.2) is 49.0 Å². The van der Waals surface area contributed by atoms with E-state index < -0.39 is 0 Å². The van der Waals surface area contributed by atoms with Crippen LogP contribution in [0.3, 0.4) is 0 Å². The highest BCUT2D eigenvalue weighted by molar-refractivity contribution is 7.98. The first-order valence-electron chi connectivity index (χ1n) is 7.45. The number of hydrogen-bond donors (Lipinski definition) is 0. The van der Waals surface area contributed by atoms with Gasteiger partial charge in [-0.2, -0.15) is 0 Å². The molecule has 2 saturated heterocycles. The van der Waals surface area contributed by atoms with Crippen LogP contribution in [0.15, 0.2) is 23.1 Å². The summed E-state index contributed by atoms with van der Waals surface area (Å²) in [5, 5.41) is 0. The molecule has 0 radical (unpaired) electrons. The predicted molar refractivity (Wildman–Crippen MR) is 83.2 cm³/mol. The molecule has 2 atom stereocenters. The van der Waals surface area contributed by atoms with Crippen molar-refractivity contribution >= 4 is 17.7 Å². The van der Waals surface area contributed by atoms with Crippen LogP contribution in [0.4, 0.5) is 0 Å². The summed E-state index contributed by atoms with van der Waals surface area (Å²) in [5.41, 5.74) is 0.718.